The van der Waals surface area contributed by atoms with Crippen LogP contribution >= 0.6 is 0 Å². The Balaban J connectivity index is 1.80. The van der Waals surface area contributed by atoms with Crippen molar-refractivity contribution in [3.05, 3.63) is 41.9 Å². The van der Waals surface area contributed by atoms with Crippen molar-refractivity contribution in [3.63, 3.8) is 0 Å². The summed E-state index contributed by atoms with van der Waals surface area (Å²) in [4.78, 5) is 27.5. The standard InChI is InChI=1S/C21H29N3O3/c1-4-11-22-20(26)14-23-19(25)9-10-21-24-13-18(27-21)17-7-5-16(6-8-17)12-15(2)3/h5-8,13,15H,4,9-12,14H2,1-3H3,(H,22,26)(H,23,25). The van der Waals surface area contributed by atoms with E-state index in [9.17, 15) is 9.59 Å². The highest BCUT2D eigenvalue weighted by molar-refractivity contribution is 5.84. The number of oxazole rings is 1. The maximum Gasteiger partial charge on any atom is 0.239 e. The molecule has 2 amide bonds. The fraction of sp³-hybridized carbons (Fsp3) is 0.476. The summed E-state index contributed by atoms with van der Waals surface area (Å²) >= 11 is 0. The van der Waals surface area contributed by atoms with Gasteiger partial charge in [0.15, 0.2) is 11.7 Å². The summed E-state index contributed by atoms with van der Waals surface area (Å²) in [5.41, 5.74) is 2.27. The topological polar surface area (TPSA) is 84.2 Å². The number of aromatic nitrogens is 1. The van der Waals surface area contributed by atoms with E-state index < -0.39 is 0 Å². The Morgan fingerprint density at radius 1 is 1.11 bits per heavy atom. The Bertz CT molecular complexity index is 735. The van der Waals surface area contributed by atoms with Gasteiger partial charge < -0.3 is 15.1 Å². The van der Waals surface area contributed by atoms with Gasteiger partial charge in [-0.1, -0.05) is 45.0 Å². The van der Waals surface area contributed by atoms with Crippen LogP contribution in [0.15, 0.2) is 34.9 Å². The number of nitrogens with zero attached hydrogens (tertiary/aromatic N) is 1. The fourth-order valence-electron chi connectivity index (χ4n) is 2.65. The average molecular weight is 371 g/mol. The number of carbonyl (C=O) groups excluding carboxylic acids is 2. The molecule has 146 valence electrons. The average Bonchev–Trinajstić information content (AvgIpc) is 3.12. The predicted molar refractivity (Wildman–Crippen MR) is 105 cm³/mol. The summed E-state index contributed by atoms with van der Waals surface area (Å²) in [6, 6.07) is 8.27. The normalized spacial score (nSPS) is 10.8. The first-order chi connectivity index (χ1) is 13.0. The van der Waals surface area contributed by atoms with Crippen molar-refractivity contribution < 1.29 is 14.0 Å². The zero-order chi connectivity index (χ0) is 19.6. The second kappa shape index (κ2) is 10.5. The molecule has 27 heavy (non-hydrogen) atoms. The lowest BCUT2D eigenvalue weighted by atomic mass is 10.0. The fourth-order valence-corrected chi connectivity index (χ4v) is 2.65. The minimum atomic E-state index is -0.195. The van der Waals surface area contributed by atoms with Crippen LogP contribution < -0.4 is 10.6 Å². The third-order valence-corrected chi connectivity index (χ3v) is 4.02. The zero-order valence-electron chi connectivity index (χ0n) is 16.4. The van der Waals surface area contributed by atoms with Gasteiger partial charge >= 0.3 is 0 Å². The van der Waals surface area contributed by atoms with Gasteiger partial charge in [-0.05, 0) is 24.3 Å². The van der Waals surface area contributed by atoms with Gasteiger partial charge in [-0.25, -0.2) is 4.98 Å². The Labute approximate surface area is 160 Å². The molecule has 0 aliphatic carbocycles. The first-order valence-corrected chi connectivity index (χ1v) is 9.55. The molecule has 0 fully saturated rings. The highest BCUT2D eigenvalue weighted by atomic mass is 16.4. The lowest BCUT2D eigenvalue weighted by molar-refractivity contribution is -0.126. The number of nitrogens with one attached hydrogen (secondary N) is 2. The highest BCUT2D eigenvalue weighted by Crippen LogP contribution is 2.22. The summed E-state index contributed by atoms with van der Waals surface area (Å²) in [6.45, 7) is 6.99. The van der Waals surface area contributed by atoms with E-state index in [1.165, 1.54) is 5.56 Å². The van der Waals surface area contributed by atoms with E-state index in [1.807, 2.05) is 19.1 Å². The van der Waals surface area contributed by atoms with E-state index in [0.717, 1.165) is 18.4 Å². The monoisotopic (exact) mass is 371 g/mol. The highest BCUT2D eigenvalue weighted by Gasteiger charge is 2.10. The molecule has 1 heterocycles. The van der Waals surface area contributed by atoms with Crippen molar-refractivity contribution in [2.45, 2.75) is 46.5 Å². The quantitative estimate of drug-likeness (QED) is 0.672. The van der Waals surface area contributed by atoms with Gasteiger partial charge in [0.2, 0.25) is 11.8 Å². The van der Waals surface area contributed by atoms with Crippen LogP contribution in [0.5, 0.6) is 0 Å². The van der Waals surface area contributed by atoms with Crippen molar-refractivity contribution >= 4 is 11.8 Å². The third-order valence-electron chi connectivity index (χ3n) is 4.02. The van der Waals surface area contributed by atoms with Crippen molar-refractivity contribution in [1.29, 1.82) is 0 Å². The molecule has 2 rings (SSSR count). The number of hydrogen-bond acceptors (Lipinski definition) is 4. The maximum atomic E-state index is 11.8. The van der Waals surface area contributed by atoms with E-state index in [1.54, 1.807) is 6.20 Å². The molecule has 0 saturated carbocycles. The Morgan fingerprint density at radius 3 is 2.52 bits per heavy atom. The van der Waals surface area contributed by atoms with Crippen LogP contribution in [0, 0.1) is 5.92 Å². The van der Waals surface area contributed by atoms with Crippen molar-refractivity contribution in [2.75, 3.05) is 13.1 Å². The van der Waals surface area contributed by atoms with Crippen LogP contribution in [0.4, 0.5) is 0 Å². The van der Waals surface area contributed by atoms with Crippen LogP contribution in [0.2, 0.25) is 0 Å². The SMILES string of the molecule is CCCNC(=O)CNC(=O)CCc1ncc(-c2ccc(CC(C)C)cc2)o1. The van der Waals surface area contributed by atoms with Crippen molar-refractivity contribution in [3.8, 4) is 11.3 Å². The number of aryl methyl sites for hydroxylation is 1. The van der Waals surface area contributed by atoms with Gasteiger partial charge in [0.25, 0.3) is 0 Å². The molecule has 1 aromatic heterocycles. The molecule has 1 aromatic carbocycles. The van der Waals surface area contributed by atoms with Gasteiger partial charge in [0.1, 0.15) is 0 Å². The second-order valence-electron chi connectivity index (χ2n) is 7.04. The molecule has 0 aliphatic heterocycles. The number of carbonyl (C=O) groups is 2. The Kier molecular flexibility index (Phi) is 8.04. The first kappa shape index (κ1) is 20.7. The van der Waals surface area contributed by atoms with Gasteiger partial charge in [-0.15, -0.1) is 0 Å². The van der Waals surface area contributed by atoms with Gasteiger partial charge in [0, 0.05) is 24.9 Å². The third kappa shape index (κ3) is 7.25. The summed E-state index contributed by atoms with van der Waals surface area (Å²) in [6.07, 6.45) is 4.23. The molecule has 0 aliphatic rings. The molecule has 0 unspecified atom stereocenters. The van der Waals surface area contributed by atoms with E-state index in [4.69, 9.17) is 4.42 Å². The number of hydrogen-bond donors (Lipinski definition) is 2. The molecule has 6 heteroatoms. The van der Waals surface area contributed by atoms with Crippen LogP contribution in [-0.4, -0.2) is 29.9 Å². The minimum absolute atomic E-state index is 0.00159. The molecule has 0 bridgehead atoms. The minimum Gasteiger partial charge on any atom is -0.441 e. The Morgan fingerprint density at radius 2 is 1.85 bits per heavy atom. The summed E-state index contributed by atoms with van der Waals surface area (Å²) < 4.78 is 5.75. The molecule has 0 spiro atoms. The molecule has 0 saturated heterocycles. The number of benzene rings is 1. The van der Waals surface area contributed by atoms with Gasteiger partial charge in [-0.2, -0.15) is 0 Å². The summed E-state index contributed by atoms with van der Waals surface area (Å²) in [7, 11) is 0. The van der Waals surface area contributed by atoms with Crippen molar-refractivity contribution in [1.82, 2.24) is 15.6 Å². The molecule has 0 atom stereocenters. The molecule has 2 aromatic rings. The molecule has 0 radical (unpaired) electrons. The number of rotatable bonds is 10. The smallest absolute Gasteiger partial charge is 0.239 e. The lowest BCUT2D eigenvalue weighted by Crippen LogP contribution is -2.37. The summed E-state index contributed by atoms with van der Waals surface area (Å²) in [5, 5.41) is 5.31. The molecule has 2 N–H and O–H groups in total. The predicted octanol–water partition coefficient (Wildman–Crippen LogP) is 3.12. The van der Waals surface area contributed by atoms with Crippen molar-refractivity contribution in [2.24, 2.45) is 5.92 Å². The first-order valence-electron chi connectivity index (χ1n) is 9.55. The molecular weight excluding hydrogens is 342 g/mol. The van der Waals surface area contributed by atoms with E-state index in [-0.39, 0.29) is 24.8 Å². The number of amides is 2. The lowest BCUT2D eigenvalue weighted by Gasteiger charge is -2.05. The van der Waals surface area contributed by atoms with Gasteiger partial charge in [-0.3, -0.25) is 9.59 Å². The maximum absolute atomic E-state index is 11.8. The second-order valence-corrected chi connectivity index (χ2v) is 7.04. The summed E-state index contributed by atoms with van der Waals surface area (Å²) in [5.74, 6) is 1.46. The van der Waals surface area contributed by atoms with E-state index in [0.29, 0.717) is 30.5 Å². The van der Waals surface area contributed by atoms with Gasteiger partial charge in [0.05, 0.1) is 12.7 Å². The van der Waals surface area contributed by atoms with Crippen LogP contribution in [0.25, 0.3) is 11.3 Å². The van der Waals surface area contributed by atoms with Crippen LogP contribution in [-0.2, 0) is 22.4 Å². The van der Waals surface area contributed by atoms with E-state index >= 15 is 0 Å². The largest absolute Gasteiger partial charge is 0.441 e. The van der Waals surface area contributed by atoms with Crippen LogP contribution in [0.3, 0.4) is 0 Å². The molecule has 6 nitrogen and oxygen atoms in total. The zero-order valence-corrected chi connectivity index (χ0v) is 16.4. The van der Waals surface area contributed by atoms with E-state index in [2.05, 4.69) is 41.6 Å². The Hall–Kier alpha value is -2.63. The van der Waals surface area contributed by atoms with Crippen LogP contribution in [0.1, 0.15) is 45.1 Å². The molecular formula is C21H29N3O3.